The molecule has 0 amide bonds. The van der Waals surface area contributed by atoms with Gasteiger partial charge in [0, 0.05) is 24.6 Å². The molecule has 0 aliphatic carbocycles. The number of hydrogen-bond donors (Lipinski definition) is 2. The highest BCUT2D eigenvalue weighted by Crippen LogP contribution is 2.26. The summed E-state index contributed by atoms with van der Waals surface area (Å²) in [4.78, 5) is 7.73. The van der Waals surface area contributed by atoms with E-state index in [4.69, 9.17) is 5.73 Å². The van der Waals surface area contributed by atoms with Crippen LogP contribution in [-0.2, 0) is 22.9 Å². The molecule has 0 radical (unpaired) electrons. The summed E-state index contributed by atoms with van der Waals surface area (Å²) in [6.07, 6.45) is 0.871. The zero-order valence-electron chi connectivity index (χ0n) is 15.2. The van der Waals surface area contributed by atoms with Gasteiger partial charge in [-0.2, -0.15) is 10.1 Å². The Morgan fingerprint density at radius 1 is 1.24 bits per heavy atom. The molecule has 3 aromatic rings. The first-order valence-corrected chi connectivity index (χ1v) is 10.2. The predicted octanol–water partition coefficient (Wildman–Crippen LogP) is 2.34. The van der Waals surface area contributed by atoms with E-state index in [0.717, 1.165) is 10.9 Å². The van der Waals surface area contributed by atoms with Crippen molar-refractivity contribution >= 4 is 21.6 Å². The fourth-order valence-electron chi connectivity index (χ4n) is 2.69. The zero-order chi connectivity index (χ0) is 21.2. The minimum Gasteiger partial charge on any atom is -0.368 e. The lowest BCUT2D eigenvalue weighted by Gasteiger charge is -2.12. The molecular formula is C17H17F3N6O2S. The van der Waals surface area contributed by atoms with Gasteiger partial charge in [0.2, 0.25) is 5.95 Å². The lowest BCUT2D eigenvalue weighted by atomic mass is 10.2. The van der Waals surface area contributed by atoms with Crippen LogP contribution in [0, 0.1) is 5.82 Å². The van der Waals surface area contributed by atoms with Crippen molar-refractivity contribution in [2.75, 3.05) is 17.3 Å². The van der Waals surface area contributed by atoms with Gasteiger partial charge in [-0.15, -0.1) is 0 Å². The summed E-state index contributed by atoms with van der Waals surface area (Å²) in [5.41, 5.74) is 6.00. The van der Waals surface area contributed by atoms with E-state index in [9.17, 15) is 21.6 Å². The van der Waals surface area contributed by atoms with E-state index >= 15 is 0 Å². The number of nitrogen functional groups attached to an aromatic ring is 1. The Balaban J connectivity index is 1.90. The van der Waals surface area contributed by atoms with Gasteiger partial charge >= 0.3 is 0 Å². The largest absolute Gasteiger partial charge is 0.368 e. The summed E-state index contributed by atoms with van der Waals surface area (Å²) < 4.78 is 64.6. The number of nitrogens with zero attached hydrogens (tertiary/aromatic N) is 4. The van der Waals surface area contributed by atoms with Crippen LogP contribution < -0.4 is 11.1 Å². The molecule has 8 nitrogen and oxygen atoms in total. The normalized spacial score (nSPS) is 11.8. The summed E-state index contributed by atoms with van der Waals surface area (Å²) in [7, 11) is -3.48. The van der Waals surface area contributed by atoms with Crippen LogP contribution in [0.15, 0.2) is 41.6 Å². The number of anilines is 2. The molecule has 3 rings (SSSR count). The first kappa shape index (κ1) is 20.6. The molecular weight excluding hydrogens is 409 g/mol. The quantitative estimate of drug-likeness (QED) is 0.596. The highest BCUT2D eigenvalue weighted by Gasteiger charge is 2.18. The van der Waals surface area contributed by atoms with Crippen LogP contribution in [0.25, 0.3) is 11.3 Å². The number of rotatable bonds is 7. The third kappa shape index (κ3) is 4.83. The van der Waals surface area contributed by atoms with Crippen LogP contribution in [0.3, 0.4) is 0 Å². The average molecular weight is 426 g/mol. The fourth-order valence-corrected chi connectivity index (χ4v) is 3.63. The van der Waals surface area contributed by atoms with Crippen LogP contribution in [0.1, 0.15) is 5.56 Å². The number of halogens is 3. The molecule has 0 aliphatic rings. The molecule has 0 fully saturated rings. The van der Waals surface area contributed by atoms with E-state index in [-0.39, 0.29) is 34.5 Å². The number of benzene rings is 1. The number of hydrogen-bond acceptors (Lipinski definition) is 7. The van der Waals surface area contributed by atoms with E-state index in [1.54, 1.807) is 18.2 Å². The Hall–Kier alpha value is -3.15. The molecule has 0 saturated heterocycles. The third-order valence-electron chi connectivity index (χ3n) is 3.92. The summed E-state index contributed by atoms with van der Waals surface area (Å²) in [6.45, 7) is -0.684. The van der Waals surface area contributed by atoms with Gasteiger partial charge in [0.25, 0.3) is 6.43 Å². The van der Waals surface area contributed by atoms with Crippen molar-refractivity contribution in [2.24, 2.45) is 0 Å². The molecule has 12 heteroatoms. The lowest BCUT2D eigenvalue weighted by molar-refractivity contribution is 0.122. The van der Waals surface area contributed by atoms with Gasteiger partial charge in [-0.3, -0.25) is 4.68 Å². The van der Waals surface area contributed by atoms with Crippen molar-refractivity contribution < 1.29 is 21.6 Å². The third-order valence-corrected chi connectivity index (χ3v) is 5.12. The van der Waals surface area contributed by atoms with Crippen LogP contribution in [0.2, 0.25) is 0 Å². The van der Waals surface area contributed by atoms with Crippen molar-refractivity contribution in [2.45, 2.75) is 24.4 Å². The Bertz CT molecular complexity index is 1130. The first-order valence-electron chi connectivity index (χ1n) is 8.31. The maximum atomic E-state index is 14.9. The van der Waals surface area contributed by atoms with Gasteiger partial charge in [0.15, 0.2) is 21.5 Å². The van der Waals surface area contributed by atoms with Crippen LogP contribution >= 0.6 is 0 Å². The summed E-state index contributed by atoms with van der Waals surface area (Å²) >= 11 is 0. The Labute approximate surface area is 164 Å². The highest BCUT2D eigenvalue weighted by molar-refractivity contribution is 7.90. The molecule has 0 unspecified atom stereocenters. The van der Waals surface area contributed by atoms with E-state index < -0.39 is 28.6 Å². The van der Waals surface area contributed by atoms with Crippen molar-refractivity contribution in [1.29, 1.82) is 0 Å². The fraction of sp³-hybridized carbons (Fsp3) is 0.235. The van der Waals surface area contributed by atoms with Crippen LogP contribution in [-0.4, -0.2) is 40.8 Å². The molecule has 0 atom stereocenters. The monoisotopic (exact) mass is 426 g/mol. The van der Waals surface area contributed by atoms with Gasteiger partial charge in [-0.05, 0) is 11.6 Å². The highest BCUT2D eigenvalue weighted by atomic mass is 32.2. The van der Waals surface area contributed by atoms with E-state index in [2.05, 4.69) is 20.4 Å². The number of nitrogens with two attached hydrogens (primary N) is 1. The topological polar surface area (TPSA) is 116 Å². The van der Waals surface area contributed by atoms with Crippen molar-refractivity contribution in [3.63, 3.8) is 0 Å². The molecule has 0 aliphatic heterocycles. The first-order chi connectivity index (χ1) is 13.6. The molecule has 0 saturated carbocycles. The molecule has 29 heavy (non-hydrogen) atoms. The Morgan fingerprint density at radius 3 is 2.66 bits per heavy atom. The molecule has 154 valence electrons. The van der Waals surface area contributed by atoms with Crippen molar-refractivity contribution in [3.8, 4) is 11.3 Å². The standard InChI is InChI=1S/C17H17F3N6O2S/c1-29(27,28)12-5-3-2-4-10(12)6-22-16-14(20)15(24-17(21)25-16)11-7-23-26(8-11)9-13(18)19/h2-5,7-8,13H,6,9H2,1H3,(H3,21,22,24,25). The average Bonchev–Trinajstić information content (AvgIpc) is 3.09. The molecule has 2 aromatic heterocycles. The lowest BCUT2D eigenvalue weighted by Crippen LogP contribution is -2.11. The number of sulfone groups is 1. The van der Waals surface area contributed by atoms with E-state index in [0.29, 0.717) is 5.56 Å². The van der Waals surface area contributed by atoms with Crippen molar-refractivity contribution in [3.05, 3.63) is 48.0 Å². The van der Waals surface area contributed by atoms with Gasteiger partial charge in [0.1, 0.15) is 12.2 Å². The minimum absolute atomic E-state index is 0.0410. The molecule has 3 N–H and O–H groups in total. The summed E-state index contributed by atoms with van der Waals surface area (Å²) in [6, 6.07) is 6.26. The minimum atomic E-state index is -3.48. The molecule has 2 heterocycles. The van der Waals surface area contributed by atoms with E-state index in [1.807, 2.05) is 0 Å². The summed E-state index contributed by atoms with van der Waals surface area (Å²) in [5, 5.41) is 6.46. The van der Waals surface area contributed by atoms with Crippen molar-refractivity contribution in [1.82, 2.24) is 19.7 Å². The van der Waals surface area contributed by atoms with Crippen LogP contribution in [0.5, 0.6) is 0 Å². The zero-order valence-corrected chi connectivity index (χ0v) is 16.0. The molecule has 1 aromatic carbocycles. The predicted molar refractivity (Wildman–Crippen MR) is 101 cm³/mol. The molecule has 0 bridgehead atoms. The van der Waals surface area contributed by atoms with E-state index in [1.165, 1.54) is 18.5 Å². The number of nitrogens with one attached hydrogen (secondary N) is 1. The Kier molecular flexibility index (Phi) is 5.73. The van der Waals surface area contributed by atoms with Gasteiger partial charge in [-0.1, -0.05) is 18.2 Å². The van der Waals surface area contributed by atoms with Crippen LogP contribution in [0.4, 0.5) is 24.9 Å². The second kappa shape index (κ2) is 8.07. The second-order valence-electron chi connectivity index (χ2n) is 6.17. The number of alkyl halides is 2. The SMILES string of the molecule is CS(=O)(=O)c1ccccc1CNc1nc(N)nc(-c2cnn(CC(F)F)c2)c1F. The van der Waals surface area contributed by atoms with Gasteiger partial charge < -0.3 is 11.1 Å². The summed E-state index contributed by atoms with van der Waals surface area (Å²) in [5.74, 6) is -1.37. The maximum Gasteiger partial charge on any atom is 0.257 e. The Morgan fingerprint density at radius 2 is 1.97 bits per heavy atom. The second-order valence-corrected chi connectivity index (χ2v) is 8.15. The smallest absolute Gasteiger partial charge is 0.257 e. The van der Waals surface area contributed by atoms with Gasteiger partial charge in [-0.25, -0.2) is 26.6 Å². The maximum absolute atomic E-state index is 14.9. The number of aromatic nitrogens is 4. The van der Waals surface area contributed by atoms with Gasteiger partial charge in [0.05, 0.1) is 11.1 Å². The molecule has 0 spiro atoms.